The third kappa shape index (κ3) is 2.19. The van der Waals surface area contributed by atoms with Gasteiger partial charge in [-0.15, -0.1) is 0 Å². The molecule has 1 saturated heterocycles. The summed E-state index contributed by atoms with van der Waals surface area (Å²) in [5.74, 6) is 0. The maximum Gasteiger partial charge on any atom is 0.187 e. The van der Waals surface area contributed by atoms with Crippen molar-refractivity contribution in [1.29, 1.82) is 0 Å². The zero-order valence-corrected chi connectivity index (χ0v) is 9.09. The minimum Gasteiger partial charge on any atom is -0.346 e. The molecular weight excluding hydrogens is 194 g/mol. The summed E-state index contributed by atoms with van der Waals surface area (Å²) in [5.41, 5.74) is 6.46. The summed E-state index contributed by atoms with van der Waals surface area (Å²) in [6.45, 7) is 5.22. The molecule has 0 saturated carbocycles. The molecule has 15 heavy (non-hydrogen) atoms. The molecule has 2 N–H and O–H groups in total. The van der Waals surface area contributed by atoms with Gasteiger partial charge in [0, 0.05) is 24.3 Å². The summed E-state index contributed by atoms with van der Waals surface area (Å²) in [7, 11) is 0. The number of aromatic nitrogens is 2. The largest absolute Gasteiger partial charge is 0.346 e. The van der Waals surface area contributed by atoms with Crippen LogP contribution < -0.4 is 5.73 Å². The van der Waals surface area contributed by atoms with Crippen LogP contribution in [0.2, 0.25) is 0 Å². The van der Waals surface area contributed by atoms with E-state index in [1.807, 2.05) is 10.9 Å². The first-order chi connectivity index (χ1) is 7.20. The van der Waals surface area contributed by atoms with Crippen LogP contribution in [0, 0.1) is 0 Å². The van der Waals surface area contributed by atoms with Crippen molar-refractivity contribution in [2.24, 2.45) is 5.73 Å². The number of rotatable bonds is 3. The molecule has 2 atom stereocenters. The summed E-state index contributed by atoms with van der Waals surface area (Å²) < 4.78 is 13.0. The average molecular weight is 211 g/mol. The van der Waals surface area contributed by atoms with Crippen molar-refractivity contribution in [1.82, 2.24) is 9.78 Å². The lowest BCUT2D eigenvalue weighted by Gasteiger charge is -2.08. The second-order valence-corrected chi connectivity index (χ2v) is 4.01. The molecule has 2 unspecified atom stereocenters. The molecule has 1 aliphatic heterocycles. The van der Waals surface area contributed by atoms with E-state index in [2.05, 4.69) is 18.9 Å². The lowest BCUT2D eigenvalue weighted by molar-refractivity contribution is -0.0586. The van der Waals surface area contributed by atoms with Gasteiger partial charge in [0.1, 0.15) is 0 Å². The Kier molecular flexibility index (Phi) is 3.04. The van der Waals surface area contributed by atoms with Gasteiger partial charge in [0.15, 0.2) is 6.29 Å². The molecule has 84 valence electrons. The Labute approximate surface area is 89.2 Å². The molecule has 0 radical (unpaired) electrons. The molecule has 0 bridgehead atoms. The minimum absolute atomic E-state index is 0.0115. The molecule has 2 heterocycles. The van der Waals surface area contributed by atoms with Gasteiger partial charge < -0.3 is 15.2 Å². The molecule has 1 aromatic heterocycles. The van der Waals surface area contributed by atoms with Crippen molar-refractivity contribution in [3.8, 4) is 0 Å². The fourth-order valence-corrected chi connectivity index (χ4v) is 1.50. The van der Waals surface area contributed by atoms with Crippen LogP contribution in [0.25, 0.3) is 0 Å². The van der Waals surface area contributed by atoms with Gasteiger partial charge in [-0.2, -0.15) is 5.10 Å². The van der Waals surface area contributed by atoms with E-state index in [0.717, 1.165) is 5.56 Å². The van der Waals surface area contributed by atoms with E-state index in [9.17, 15) is 0 Å². The van der Waals surface area contributed by atoms with Gasteiger partial charge in [0.05, 0.1) is 18.9 Å². The van der Waals surface area contributed by atoms with Gasteiger partial charge in [-0.25, -0.2) is 0 Å². The highest BCUT2D eigenvalue weighted by Gasteiger charge is 2.27. The summed E-state index contributed by atoms with van der Waals surface area (Å²) >= 11 is 0. The van der Waals surface area contributed by atoms with Crippen molar-refractivity contribution < 1.29 is 9.47 Å². The second-order valence-electron chi connectivity index (χ2n) is 4.01. The summed E-state index contributed by atoms with van der Waals surface area (Å²) in [6, 6.07) is 0.352. The molecule has 0 amide bonds. The summed E-state index contributed by atoms with van der Waals surface area (Å²) in [4.78, 5) is 0. The minimum atomic E-state index is -0.300. The molecular formula is C10H17N3O2. The Morgan fingerprint density at radius 2 is 2.47 bits per heavy atom. The van der Waals surface area contributed by atoms with Gasteiger partial charge in [0.25, 0.3) is 0 Å². The fourth-order valence-electron chi connectivity index (χ4n) is 1.50. The molecule has 2 rings (SSSR count). The van der Waals surface area contributed by atoms with E-state index < -0.39 is 0 Å². The number of ether oxygens (including phenoxy) is 2. The molecule has 5 heteroatoms. The van der Waals surface area contributed by atoms with Crippen LogP contribution in [0.5, 0.6) is 0 Å². The van der Waals surface area contributed by atoms with Crippen LogP contribution in [-0.4, -0.2) is 29.0 Å². The van der Waals surface area contributed by atoms with E-state index in [0.29, 0.717) is 19.2 Å². The van der Waals surface area contributed by atoms with Crippen LogP contribution in [0.3, 0.4) is 0 Å². The van der Waals surface area contributed by atoms with Crippen LogP contribution in [0.4, 0.5) is 0 Å². The zero-order valence-electron chi connectivity index (χ0n) is 9.09. The highest BCUT2D eigenvalue weighted by Crippen LogP contribution is 2.26. The van der Waals surface area contributed by atoms with Gasteiger partial charge in [-0.05, 0) is 13.8 Å². The van der Waals surface area contributed by atoms with E-state index in [1.165, 1.54) is 0 Å². The fraction of sp³-hybridized carbons (Fsp3) is 0.700. The topological polar surface area (TPSA) is 62.3 Å². The highest BCUT2D eigenvalue weighted by atomic mass is 16.7. The molecule has 1 fully saturated rings. The number of hydrogen-bond donors (Lipinski definition) is 1. The van der Waals surface area contributed by atoms with Gasteiger partial charge in [-0.1, -0.05) is 0 Å². The third-order valence-electron chi connectivity index (χ3n) is 2.44. The van der Waals surface area contributed by atoms with Crippen LogP contribution in [0.15, 0.2) is 12.4 Å². The van der Waals surface area contributed by atoms with E-state index in [1.54, 1.807) is 6.20 Å². The predicted octanol–water partition coefficient (Wildman–Crippen LogP) is 0.837. The first-order valence-corrected chi connectivity index (χ1v) is 5.22. The van der Waals surface area contributed by atoms with Gasteiger partial charge in [-0.3, -0.25) is 4.68 Å². The van der Waals surface area contributed by atoms with Crippen molar-refractivity contribution in [3.05, 3.63) is 18.0 Å². The SMILES string of the molecule is CC(C)n1cc(C2OCC(CN)O2)cn1. The first kappa shape index (κ1) is 10.6. The number of hydrogen-bond acceptors (Lipinski definition) is 4. The molecule has 0 spiro atoms. The van der Waals surface area contributed by atoms with Crippen molar-refractivity contribution >= 4 is 0 Å². The molecule has 1 aromatic rings. The number of nitrogens with zero attached hydrogens (tertiary/aromatic N) is 2. The van der Waals surface area contributed by atoms with Crippen LogP contribution in [0.1, 0.15) is 31.7 Å². The summed E-state index contributed by atoms with van der Waals surface area (Å²) in [6.07, 6.45) is 3.45. The third-order valence-corrected chi connectivity index (χ3v) is 2.44. The molecule has 5 nitrogen and oxygen atoms in total. The Hall–Kier alpha value is -0.910. The predicted molar refractivity (Wildman–Crippen MR) is 55.2 cm³/mol. The molecule has 1 aliphatic rings. The quantitative estimate of drug-likeness (QED) is 0.804. The number of nitrogens with two attached hydrogens (primary N) is 1. The smallest absolute Gasteiger partial charge is 0.187 e. The van der Waals surface area contributed by atoms with Crippen LogP contribution in [-0.2, 0) is 9.47 Å². The van der Waals surface area contributed by atoms with E-state index in [4.69, 9.17) is 15.2 Å². The normalized spacial score (nSPS) is 26.4. The maximum atomic E-state index is 5.59. The van der Waals surface area contributed by atoms with Crippen molar-refractivity contribution in [2.75, 3.05) is 13.2 Å². The van der Waals surface area contributed by atoms with Gasteiger partial charge in [0.2, 0.25) is 0 Å². The van der Waals surface area contributed by atoms with Crippen molar-refractivity contribution in [2.45, 2.75) is 32.3 Å². The highest BCUT2D eigenvalue weighted by molar-refractivity contribution is 5.07. The van der Waals surface area contributed by atoms with Crippen LogP contribution >= 0.6 is 0 Å². The van der Waals surface area contributed by atoms with Crippen molar-refractivity contribution in [3.63, 3.8) is 0 Å². The Morgan fingerprint density at radius 3 is 3.00 bits per heavy atom. The lowest BCUT2D eigenvalue weighted by Crippen LogP contribution is -2.21. The van der Waals surface area contributed by atoms with Gasteiger partial charge >= 0.3 is 0 Å². The Morgan fingerprint density at radius 1 is 1.67 bits per heavy atom. The average Bonchev–Trinajstić information content (AvgIpc) is 2.86. The monoisotopic (exact) mass is 211 g/mol. The molecule has 0 aromatic carbocycles. The summed E-state index contributed by atoms with van der Waals surface area (Å²) in [5, 5.41) is 4.24. The maximum absolute atomic E-state index is 5.59. The van der Waals surface area contributed by atoms with E-state index >= 15 is 0 Å². The zero-order chi connectivity index (χ0) is 10.8. The lowest BCUT2D eigenvalue weighted by atomic mass is 10.3. The Bertz CT molecular complexity index is 324. The first-order valence-electron chi connectivity index (χ1n) is 5.22. The molecule has 0 aliphatic carbocycles. The van der Waals surface area contributed by atoms with E-state index in [-0.39, 0.29) is 12.4 Å². The Balaban J connectivity index is 2.04. The second kappa shape index (κ2) is 4.30. The standard InChI is InChI=1S/C10H17N3O2/c1-7(2)13-5-8(4-12-13)10-14-6-9(3-11)15-10/h4-5,7,9-10H,3,6,11H2,1-2H3.